The SMILES string of the molecule is CN(CCN(C)Cc1cn(-c2ccccc2)nn1)Cc1cn(-c2ccccc2)nn1.O.O.O.O.O.[Ni+2].[O-][Cl+3]([O-])([O-])[O-].[O-][Cl+3]([O-])([O-])[O-]. The predicted molar refractivity (Wildman–Crippen MR) is 133 cm³/mol. The number of benzene rings is 2. The molecule has 266 valence electrons. The average Bonchev–Trinajstić information content (AvgIpc) is 3.52. The van der Waals surface area contributed by atoms with Gasteiger partial charge in [-0.25, -0.2) is 46.6 Å². The van der Waals surface area contributed by atoms with Gasteiger partial charge in [-0.2, -0.15) is 0 Å². The van der Waals surface area contributed by atoms with E-state index in [1.807, 2.05) is 82.4 Å². The van der Waals surface area contributed by atoms with Gasteiger partial charge in [0.1, 0.15) is 0 Å². The summed E-state index contributed by atoms with van der Waals surface area (Å²) in [6.45, 7) is 3.35. The van der Waals surface area contributed by atoms with Crippen LogP contribution in [0.5, 0.6) is 0 Å². The van der Waals surface area contributed by atoms with Gasteiger partial charge in [0.15, 0.2) is 0 Å². The molecule has 2 aromatic carbocycles. The first kappa shape index (κ1) is 52.7. The van der Waals surface area contributed by atoms with Gasteiger partial charge >= 0.3 is 16.5 Å². The Morgan fingerprint density at radius 1 is 0.543 bits per heavy atom. The Labute approximate surface area is 277 Å². The fourth-order valence-electron chi connectivity index (χ4n) is 3.21. The van der Waals surface area contributed by atoms with Crippen molar-refractivity contribution in [2.45, 2.75) is 13.1 Å². The smallest absolute Gasteiger partial charge is 0.412 e. The first-order valence-corrected chi connectivity index (χ1v) is 13.7. The van der Waals surface area contributed by atoms with Crippen molar-refractivity contribution in [2.75, 3.05) is 27.2 Å². The minimum Gasteiger partial charge on any atom is -0.412 e. The van der Waals surface area contributed by atoms with Crippen molar-refractivity contribution >= 4 is 0 Å². The van der Waals surface area contributed by atoms with Crippen molar-refractivity contribution in [1.82, 2.24) is 39.8 Å². The summed E-state index contributed by atoms with van der Waals surface area (Å²) in [4.78, 5) is 4.49. The van der Waals surface area contributed by atoms with Gasteiger partial charge in [0.25, 0.3) is 0 Å². The van der Waals surface area contributed by atoms with Gasteiger partial charge in [0.05, 0.1) is 35.2 Å². The summed E-state index contributed by atoms with van der Waals surface area (Å²) in [6, 6.07) is 20.1. The van der Waals surface area contributed by atoms with Crippen LogP contribution in [0.15, 0.2) is 73.1 Å². The Bertz CT molecular complexity index is 1160. The van der Waals surface area contributed by atoms with Gasteiger partial charge in [0, 0.05) is 26.2 Å². The van der Waals surface area contributed by atoms with Crippen LogP contribution in [0, 0.1) is 20.5 Å². The maximum Gasteiger partial charge on any atom is 2.00 e. The Kier molecular flexibility index (Phi) is 29.0. The second-order valence-electron chi connectivity index (χ2n) is 8.21. The Balaban J connectivity index is -0.000000309. The molecule has 0 saturated heterocycles. The molecule has 0 aliphatic carbocycles. The molecule has 0 bridgehead atoms. The minimum atomic E-state index is -4.94. The predicted octanol–water partition coefficient (Wildman–Crippen LogP) is -11.2. The van der Waals surface area contributed by atoms with Crippen LogP contribution < -0.4 is 37.3 Å². The zero-order valence-electron chi connectivity index (χ0n) is 24.2. The molecular weight excluding hydrogens is 714 g/mol. The maximum atomic E-state index is 8.49. The third-order valence-electron chi connectivity index (χ3n) is 4.85. The van der Waals surface area contributed by atoms with E-state index in [9.17, 15) is 0 Å². The molecule has 46 heavy (non-hydrogen) atoms. The summed E-state index contributed by atoms with van der Waals surface area (Å²) in [5, 5.41) is 17.1. The third kappa shape index (κ3) is 24.4. The Morgan fingerprint density at radius 2 is 0.804 bits per heavy atom. The molecule has 0 fully saturated rings. The first-order valence-electron chi connectivity index (χ1n) is 11.2. The summed E-state index contributed by atoms with van der Waals surface area (Å²) in [5.74, 6) is 0. The van der Waals surface area contributed by atoms with Gasteiger partial charge in [-0.3, -0.25) is 9.80 Å². The van der Waals surface area contributed by atoms with E-state index in [-0.39, 0.29) is 43.9 Å². The van der Waals surface area contributed by atoms with E-state index in [4.69, 9.17) is 37.3 Å². The fraction of sp³-hybridized carbons (Fsp3) is 0.273. The normalized spacial score (nSPS) is 10.1. The topological polar surface area (TPSA) is 410 Å². The van der Waals surface area contributed by atoms with Crippen molar-refractivity contribution in [2.24, 2.45) is 0 Å². The number of rotatable bonds is 9. The number of halogens is 2. The summed E-state index contributed by atoms with van der Waals surface area (Å²) in [5.41, 5.74) is 3.94. The molecule has 2 heterocycles. The van der Waals surface area contributed by atoms with Crippen LogP contribution in [-0.2, 0) is 29.6 Å². The van der Waals surface area contributed by atoms with Crippen LogP contribution in [0.25, 0.3) is 11.4 Å². The van der Waals surface area contributed by atoms with Crippen molar-refractivity contribution in [3.8, 4) is 11.4 Å². The number of likely N-dealkylation sites (N-methyl/N-ethyl adjacent to an activating group) is 2. The molecule has 0 atom stereocenters. The standard InChI is InChI=1S/C22H26N8.2ClHO4.Ni.5H2O/c1-27(15-19-17-29(25-23-19)21-9-5-3-6-10-21)13-14-28(2)16-20-18-30(26-24-20)22-11-7-4-8-12-22;2*2-1(3,4)5;;;;;;/h3-12,17-18H,13-16H2,1-2H3;2*(H,2,3,4,5);;5*1H2/q;;;+2;;;;;/p-2. The first-order chi connectivity index (χ1) is 18.7. The van der Waals surface area contributed by atoms with E-state index in [0.717, 1.165) is 48.9 Å². The number of aromatic nitrogens is 6. The summed E-state index contributed by atoms with van der Waals surface area (Å²) in [7, 11) is -5.69. The summed E-state index contributed by atoms with van der Waals surface area (Å²) in [6.07, 6.45) is 3.97. The van der Waals surface area contributed by atoms with Crippen molar-refractivity contribution in [3.63, 3.8) is 0 Å². The molecule has 24 heteroatoms. The van der Waals surface area contributed by atoms with E-state index >= 15 is 0 Å². The molecule has 0 amide bonds. The molecule has 0 unspecified atom stereocenters. The molecule has 10 N–H and O–H groups in total. The summed E-state index contributed by atoms with van der Waals surface area (Å²) < 4.78 is 71.6. The fourth-order valence-corrected chi connectivity index (χ4v) is 3.21. The van der Waals surface area contributed by atoms with E-state index in [2.05, 4.69) is 44.5 Å². The quantitative estimate of drug-likeness (QED) is 0.143. The van der Waals surface area contributed by atoms with Crippen LogP contribution >= 0.6 is 0 Å². The van der Waals surface area contributed by atoms with E-state index in [1.54, 1.807) is 0 Å². The van der Waals surface area contributed by atoms with Crippen LogP contribution in [0.4, 0.5) is 0 Å². The molecule has 4 aromatic rings. The van der Waals surface area contributed by atoms with Gasteiger partial charge < -0.3 is 27.4 Å². The molecule has 21 nitrogen and oxygen atoms in total. The van der Waals surface area contributed by atoms with Gasteiger partial charge in [-0.1, -0.05) is 46.8 Å². The molecular formula is C22H36Cl2N8NiO13. The monoisotopic (exact) mass is 748 g/mol. The Morgan fingerprint density at radius 3 is 1.07 bits per heavy atom. The number of para-hydroxylation sites is 2. The van der Waals surface area contributed by atoms with Crippen LogP contribution in [-0.4, -0.2) is 94.4 Å². The van der Waals surface area contributed by atoms with E-state index in [1.165, 1.54) is 0 Å². The zero-order chi connectivity index (χ0) is 29.8. The van der Waals surface area contributed by atoms with Crippen LogP contribution in [0.3, 0.4) is 0 Å². The second kappa shape index (κ2) is 25.3. The van der Waals surface area contributed by atoms with Gasteiger partial charge in [-0.15, -0.1) is 30.7 Å². The molecule has 4 rings (SSSR count). The zero-order valence-corrected chi connectivity index (χ0v) is 26.7. The third-order valence-corrected chi connectivity index (χ3v) is 4.85. The van der Waals surface area contributed by atoms with Gasteiger partial charge in [0.2, 0.25) is 0 Å². The van der Waals surface area contributed by atoms with E-state index in [0.29, 0.717) is 0 Å². The molecule has 0 saturated carbocycles. The molecule has 0 aliphatic rings. The van der Waals surface area contributed by atoms with Gasteiger partial charge in [-0.05, 0) is 38.4 Å². The van der Waals surface area contributed by atoms with Crippen LogP contribution in [0.2, 0.25) is 0 Å². The number of nitrogens with zero attached hydrogens (tertiary/aromatic N) is 8. The Hall–Kier alpha value is -2.81. The maximum absolute atomic E-state index is 8.49. The number of hydrogen-bond acceptors (Lipinski definition) is 14. The molecule has 0 radical (unpaired) electrons. The second-order valence-corrected chi connectivity index (χ2v) is 9.72. The average molecular weight is 750 g/mol. The molecule has 2 aromatic heterocycles. The number of hydrogen-bond donors (Lipinski definition) is 0. The van der Waals surface area contributed by atoms with Crippen molar-refractivity contribution in [1.29, 1.82) is 0 Å². The largest absolute Gasteiger partial charge is 2.00 e. The van der Waals surface area contributed by atoms with Crippen LogP contribution in [0.1, 0.15) is 11.4 Å². The minimum absolute atomic E-state index is 0. The molecule has 0 aliphatic heterocycles. The summed E-state index contributed by atoms with van der Waals surface area (Å²) >= 11 is 0. The molecule has 0 spiro atoms. The van der Waals surface area contributed by atoms with Crippen molar-refractivity contribution in [3.05, 3.63) is 84.4 Å². The van der Waals surface area contributed by atoms with Crippen molar-refractivity contribution < 1.29 is 102 Å². The van der Waals surface area contributed by atoms with E-state index < -0.39 is 20.5 Å².